The molecule has 1 aromatic carbocycles. The number of nitrogens with one attached hydrogen (secondary N) is 2. The van der Waals surface area contributed by atoms with Crippen LogP contribution >= 0.6 is 0 Å². The smallest absolute Gasteiger partial charge is 0.315 e. The number of amides is 3. The SMILES string of the molecule is CC(C)(C)COC(=O)CCNC(=O)N[C@H]1CCN(c2ccc(C(N)=NO)cc2)C1=O. The molecular weight excluding hydrogens is 390 g/mol. The number of carbonyl (C=O) groups excluding carboxylic acids is 3. The summed E-state index contributed by atoms with van der Waals surface area (Å²) in [5.41, 5.74) is 6.60. The molecule has 1 aliphatic heterocycles. The van der Waals surface area contributed by atoms with Crippen molar-refractivity contribution in [2.45, 2.75) is 39.7 Å². The van der Waals surface area contributed by atoms with E-state index >= 15 is 0 Å². The van der Waals surface area contributed by atoms with Gasteiger partial charge in [0.2, 0.25) is 5.91 Å². The lowest BCUT2D eigenvalue weighted by Gasteiger charge is -2.18. The number of hydrogen-bond acceptors (Lipinski definition) is 6. The maximum atomic E-state index is 12.6. The molecule has 1 aromatic rings. The highest BCUT2D eigenvalue weighted by Gasteiger charge is 2.33. The Morgan fingerprint density at radius 2 is 1.97 bits per heavy atom. The van der Waals surface area contributed by atoms with Crippen molar-refractivity contribution < 1.29 is 24.3 Å². The summed E-state index contributed by atoms with van der Waals surface area (Å²) in [4.78, 5) is 37.9. The molecule has 1 aliphatic rings. The van der Waals surface area contributed by atoms with Crippen LogP contribution in [0, 0.1) is 5.41 Å². The maximum Gasteiger partial charge on any atom is 0.315 e. The third-order valence-corrected chi connectivity index (χ3v) is 4.37. The first kappa shape index (κ1) is 23.0. The van der Waals surface area contributed by atoms with E-state index in [4.69, 9.17) is 15.7 Å². The van der Waals surface area contributed by atoms with Crippen LogP contribution in [0.1, 0.15) is 39.2 Å². The van der Waals surface area contributed by atoms with Crippen molar-refractivity contribution in [2.75, 3.05) is 24.6 Å². The predicted molar refractivity (Wildman–Crippen MR) is 111 cm³/mol. The monoisotopic (exact) mass is 419 g/mol. The number of nitrogens with two attached hydrogens (primary N) is 1. The van der Waals surface area contributed by atoms with E-state index in [9.17, 15) is 14.4 Å². The summed E-state index contributed by atoms with van der Waals surface area (Å²) < 4.78 is 5.13. The average molecular weight is 419 g/mol. The van der Waals surface area contributed by atoms with E-state index in [0.29, 0.717) is 30.8 Å². The zero-order valence-corrected chi connectivity index (χ0v) is 17.5. The van der Waals surface area contributed by atoms with E-state index in [0.717, 1.165) is 0 Å². The van der Waals surface area contributed by atoms with E-state index < -0.39 is 12.1 Å². The number of nitrogens with zero attached hydrogens (tertiary/aromatic N) is 2. The number of anilines is 1. The van der Waals surface area contributed by atoms with E-state index in [1.807, 2.05) is 20.8 Å². The van der Waals surface area contributed by atoms with Gasteiger partial charge in [0, 0.05) is 24.3 Å². The molecule has 0 unspecified atom stereocenters. The number of urea groups is 1. The van der Waals surface area contributed by atoms with Crippen LogP contribution in [-0.2, 0) is 14.3 Å². The van der Waals surface area contributed by atoms with Gasteiger partial charge >= 0.3 is 12.0 Å². The Morgan fingerprint density at radius 3 is 2.57 bits per heavy atom. The van der Waals surface area contributed by atoms with Gasteiger partial charge in [-0.3, -0.25) is 9.59 Å². The first-order valence-corrected chi connectivity index (χ1v) is 9.70. The molecule has 10 heteroatoms. The molecule has 5 N–H and O–H groups in total. The lowest BCUT2D eigenvalue weighted by molar-refractivity contribution is -0.146. The van der Waals surface area contributed by atoms with Crippen molar-refractivity contribution in [3.63, 3.8) is 0 Å². The fourth-order valence-corrected chi connectivity index (χ4v) is 2.80. The summed E-state index contributed by atoms with van der Waals surface area (Å²) in [6, 6.07) is 5.50. The minimum Gasteiger partial charge on any atom is -0.465 e. The number of oxime groups is 1. The summed E-state index contributed by atoms with van der Waals surface area (Å²) in [5, 5.41) is 16.8. The number of benzene rings is 1. The second-order valence-electron chi connectivity index (χ2n) is 8.23. The minimum absolute atomic E-state index is 0.0206. The number of esters is 1. The van der Waals surface area contributed by atoms with Gasteiger partial charge in [0.25, 0.3) is 0 Å². The molecule has 1 saturated heterocycles. The molecule has 0 spiro atoms. The van der Waals surface area contributed by atoms with Crippen molar-refractivity contribution in [1.82, 2.24) is 10.6 Å². The van der Waals surface area contributed by atoms with E-state index in [1.165, 1.54) is 0 Å². The molecule has 10 nitrogen and oxygen atoms in total. The molecule has 164 valence electrons. The number of hydrogen-bond donors (Lipinski definition) is 4. The van der Waals surface area contributed by atoms with Crippen LogP contribution in [0.5, 0.6) is 0 Å². The molecule has 1 fully saturated rings. The fraction of sp³-hybridized carbons (Fsp3) is 0.500. The fourth-order valence-electron chi connectivity index (χ4n) is 2.80. The standard InChI is InChI=1S/C20H29N5O5/c1-20(2,3)12-30-16(26)8-10-22-19(28)23-15-9-11-25(18(15)27)14-6-4-13(5-7-14)17(21)24-29/h4-7,15,29H,8-12H2,1-3H3,(H2,21,24)(H2,22,23,28)/t15-/m0/s1. The van der Waals surface area contributed by atoms with Gasteiger partial charge in [-0.15, -0.1) is 0 Å². The minimum atomic E-state index is -0.651. The highest BCUT2D eigenvalue weighted by Crippen LogP contribution is 2.22. The summed E-state index contributed by atoms with van der Waals surface area (Å²) in [6.45, 7) is 6.76. The van der Waals surface area contributed by atoms with Crippen LogP contribution in [0.25, 0.3) is 0 Å². The number of ether oxygens (including phenoxy) is 1. The predicted octanol–water partition coefficient (Wildman–Crippen LogP) is 1.17. The second kappa shape index (κ2) is 9.95. The normalized spacial score (nSPS) is 17.0. The molecule has 0 aliphatic carbocycles. The number of carbonyl (C=O) groups is 3. The second-order valence-corrected chi connectivity index (χ2v) is 8.23. The molecular formula is C20H29N5O5. The Morgan fingerprint density at radius 1 is 1.30 bits per heavy atom. The average Bonchev–Trinajstić information content (AvgIpc) is 3.05. The van der Waals surface area contributed by atoms with E-state index in [1.54, 1.807) is 29.2 Å². The first-order chi connectivity index (χ1) is 14.1. The van der Waals surface area contributed by atoms with Crippen molar-refractivity contribution in [2.24, 2.45) is 16.3 Å². The molecule has 2 rings (SSSR count). The van der Waals surface area contributed by atoms with Gasteiger partial charge in [-0.1, -0.05) is 25.9 Å². The topological polar surface area (TPSA) is 146 Å². The number of amidine groups is 1. The highest BCUT2D eigenvalue weighted by atomic mass is 16.5. The quantitative estimate of drug-likeness (QED) is 0.171. The molecule has 1 heterocycles. The van der Waals surface area contributed by atoms with Crippen molar-refractivity contribution in [3.8, 4) is 0 Å². The molecule has 0 bridgehead atoms. The Labute approximate surface area is 175 Å². The van der Waals surface area contributed by atoms with Crippen molar-refractivity contribution in [1.29, 1.82) is 0 Å². The van der Waals surface area contributed by atoms with Gasteiger partial charge in [-0.25, -0.2) is 4.79 Å². The summed E-state index contributed by atoms with van der Waals surface area (Å²) in [6.07, 6.45) is 0.517. The van der Waals surface area contributed by atoms with Crippen LogP contribution in [-0.4, -0.2) is 54.7 Å². The third-order valence-electron chi connectivity index (χ3n) is 4.37. The molecule has 0 saturated carbocycles. The lowest BCUT2D eigenvalue weighted by Crippen LogP contribution is -2.46. The molecule has 30 heavy (non-hydrogen) atoms. The lowest BCUT2D eigenvalue weighted by atomic mass is 9.99. The summed E-state index contributed by atoms with van der Waals surface area (Å²) in [5.74, 6) is -0.636. The van der Waals surface area contributed by atoms with Crippen LogP contribution < -0.4 is 21.3 Å². The van der Waals surface area contributed by atoms with Gasteiger partial charge < -0.3 is 31.2 Å². The zero-order valence-electron chi connectivity index (χ0n) is 17.5. The maximum absolute atomic E-state index is 12.6. The largest absolute Gasteiger partial charge is 0.465 e. The molecule has 3 amide bonds. The molecule has 0 radical (unpaired) electrons. The Kier molecular flexibility index (Phi) is 7.62. The van der Waals surface area contributed by atoms with Crippen LogP contribution in [0.4, 0.5) is 10.5 Å². The van der Waals surface area contributed by atoms with Crippen LogP contribution in [0.2, 0.25) is 0 Å². The van der Waals surface area contributed by atoms with Gasteiger partial charge in [0.1, 0.15) is 6.04 Å². The first-order valence-electron chi connectivity index (χ1n) is 9.70. The third kappa shape index (κ3) is 6.64. The Hall–Kier alpha value is -3.30. The Bertz CT molecular complexity index is 801. The van der Waals surface area contributed by atoms with Gasteiger partial charge in [0.05, 0.1) is 13.0 Å². The summed E-state index contributed by atoms with van der Waals surface area (Å²) >= 11 is 0. The van der Waals surface area contributed by atoms with Crippen LogP contribution in [0.3, 0.4) is 0 Å². The van der Waals surface area contributed by atoms with Gasteiger partial charge in [-0.05, 0) is 36.1 Å². The van der Waals surface area contributed by atoms with Gasteiger partial charge in [0.15, 0.2) is 5.84 Å². The van der Waals surface area contributed by atoms with E-state index in [-0.39, 0.29) is 36.1 Å². The van der Waals surface area contributed by atoms with E-state index in [2.05, 4.69) is 15.8 Å². The summed E-state index contributed by atoms with van der Waals surface area (Å²) in [7, 11) is 0. The number of rotatable bonds is 7. The Balaban J connectivity index is 1.78. The van der Waals surface area contributed by atoms with Gasteiger partial charge in [-0.2, -0.15) is 0 Å². The highest BCUT2D eigenvalue weighted by molar-refractivity contribution is 6.02. The zero-order chi connectivity index (χ0) is 22.3. The molecule has 1 atom stereocenters. The van der Waals surface area contributed by atoms with Crippen LogP contribution in [0.15, 0.2) is 29.4 Å². The molecule has 0 aromatic heterocycles. The van der Waals surface area contributed by atoms with Crippen molar-refractivity contribution >= 4 is 29.4 Å². The van der Waals surface area contributed by atoms with Crippen molar-refractivity contribution in [3.05, 3.63) is 29.8 Å².